The molecule has 1 fully saturated rings. The van der Waals surface area contributed by atoms with Crippen molar-refractivity contribution in [2.24, 2.45) is 0 Å². The maximum atomic E-state index is 4.30. The maximum Gasteiger partial charge on any atom is 0.0452 e. The van der Waals surface area contributed by atoms with Gasteiger partial charge in [0.1, 0.15) is 0 Å². The summed E-state index contributed by atoms with van der Waals surface area (Å²) in [6, 6.07) is 9.06. The zero-order valence-electron chi connectivity index (χ0n) is 11.0. The summed E-state index contributed by atoms with van der Waals surface area (Å²) in [6.45, 7) is 0. The van der Waals surface area contributed by atoms with Crippen molar-refractivity contribution in [2.45, 2.75) is 11.3 Å². The van der Waals surface area contributed by atoms with E-state index in [4.69, 9.17) is 0 Å². The molecular formula is C15H18N2S2. The number of pyridine rings is 1. The van der Waals surface area contributed by atoms with Crippen LogP contribution in [0.1, 0.15) is 11.6 Å². The molecule has 0 aliphatic carbocycles. The third kappa shape index (κ3) is 2.76. The smallest absolute Gasteiger partial charge is 0.0452 e. The van der Waals surface area contributed by atoms with Crippen molar-refractivity contribution in [2.75, 3.05) is 24.3 Å². The highest BCUT2D eigenvalue weighted by molar-refractivity contribution is 8.06. The lowest BCUT2D eigenvalue weighted by Gasteiger charge is -2.30. The minimum absolute atomic E-state index is 0.408. The molecule has 2 nitrogen and oxygen atoms in total. The van der Waals surface area contributed by atoms with E-state index >= 15 is 0 Å². The van der Waals surface area contributed by atoms with Crippen molar-refractivity contribution in [1.82, 2.24) is 10.3 Å². The zero-order chi connectivity index (χ0) is 13.1. The van der Waals surface area contributed by atoms with E-state index in [2.05, 4.69) is 65.1 Å². The first kappa shape index (κ1) is 13.3. The summed E-state index contributed by atoms with van der Waals surface area (Å²) in [4.78, 5) is 4.30. The first-order valence-corrected chi connectivity index (χ1v) is 8.80. The molecule has 19 heavy (non-hydrogen) atoms. The third-order valence-corrected chi connectivity index (χ3v) is 6.44. The summed E-state index contributed by atoms with van der Waals surface area (Å²) in [5.41, 5.74) is 1.38. The van der Waals surface area contributed by atoms with E-state index in [9.17, 15) is 0 Å². The van der Waals surface area contributed by atoms with Crippen LogP contribution < -0.4 is 5.32 Å². The minimum atomic E-state index is 0.408. The fraction of sp³-hybridized carbons (Fsp3) is 0.400. The molecule has 2 atom stereocenters. The summed E-state index contributed by atoms with van der Waals surface area (Å²) in [5.74, 6) is 3.78. The fourth-order valence-corrected chi connectivity index (χ4v) is 5.55. The average Bonchev–Trinajstić information content (AvgIpc) is 2.49. The number of aromatic nitrogens is 1. The molecule has 0 radical (unpaired) electrons. The van der Waals surface area contributed by atoms with Crippen LogP contribution >= 0.6 is 23.5 Å². The zero-order valence-corrected chi connectivity index (χ0v) is 12.6. The van der Waals surface area contributed by atoms with Gasteiger partial charge >= 0.3 is 0 Å². The lowest BCUT2D eigenvalue weighted by molar-refractivity contribution is 0.596. The molecule has 2 unspecified atom stereocenters. The molecule has 1 saturated heterocycles. The molecule has 1 N–H and O–H groups in total. The van der Waals surface area contributed by atoms with Gasteiger partial charge in [-0.3, -0.25) is 4.98 Å². The number of nitrogens with zero attached hydrogens (tertiary/aromatic N) is 1. The second kappa shape index (κ2) is 6.16. The van der Waals surface area contributed by atoms with Crippen LogP contribution in [-0.4, -0.2) is 34.5 Å². The lowest BCUT2D eigenvalue weighted by Crippen LogP contribution is -2.31. The normalized spacial score (nSPS) is 21.4. The molecule has 2 heterocycles. The number of fused-ring (bicyclic) bond motifs is 1. The van der Waals surface area contributed by atoms with Crippen molar-refractivity contribution >= 4 is 34.3 Å². The van der Waals surface area contributed by atoms with E-state index in [1.165, 1.54) is 33.6 Å². The Balaban J connectivity index is 2.00. The van der Waals surface area contributed by atoms with Gasteiger partial charge in [0.2, 0.25) is 0 Å². The molecular weight excluding hydrogens is 272 g/mol. The monoisotopic (exact) mass is 290 g/mol. The van der Waals surface area contributed by atoms with Crippen molar-refractivity contribution in [3.63, 3.8) is 0 Å². The van der Waals surface area contributed by atoms with E-state index < -0.39 is 0 Å². The number of thioether (sulfide) groups is 2. The van der Waals surface area contributed by atoms with Gasteiger partial charge in [-0.15, -0.1) is 0 Å². The van der Waals surface area contributed by atoms with Gasteiger partial charge in [0.05, 0.1) is 0 Å². The number of rotatable bonds is 3. The van der Waals surface area contributed by atoms with Crippen LogP contribution in [0.25, 0.3) is 10.8 Å². The number of hydrogen-bond acceptors (Lipinski definition) is 4. The van der Waals surface area contributed by atoms with E-state index in [0.717, 1.165) is 0 Å². The molecule has 1 aromatic heterocycles. The van der Waals surface area contributed by atoms with Crippen molar-refractivity contribution in [3.8, 4) is 0 Å². The molecule has 100 valence electrons. The Morgan fingerprint density at radius 1 is 1.32 bits per heavy atom. The second-order valence-electron chi connectivity index (χ2n) is 4.69. The van der Waals surface area contributed by atoms with Gasteiger partial charge in [0, 0.05) is 46.3 Å². The van der Waals surface area contributed by atoms with E-state index in [0.29, 0.717) is 11.3 Å². The van der Waals surface area contributed by atoms with Crippen molar-refractivity contribution < 1.29 is 0 Å². The summed E-state index contributed by atoms with van der Waals surface area (Å²) in [6.07, 6.45) is 3.86. The summed E-state index contributed by atoms with van der Waals surface area (Å²) >= 11 is 4.17. The average molecular weight is 290 g/mol. The van der Waals surface area contributed by atoms with Crippen LogP contribution in [0.4, 0.5) is 0 Å². The SMILES string of the molecule is CNC(c1cccc2ccncc12)C1CSCCS1. The van der Waals surface area contributed by atoms with E-state index in [-0.39, 0.29) is 0 Å². The number of hydrogen-bond donors (Lipinski definition) is 1. The van der Waals surface area contributed by atoms with Crippen molar-refractivity contribution in [1.29, 1.82) is 0 Å². The quantitative estimate of drug-likeness (QED) is 0.937. The summed E-state index contributed by atoms with van der Waals surface area (Å²) in [5, 5.41) is 6.72. The van der Waals surface area contributed by atoms with Crippen molar-refractivity contribution in [3.05, 3.63) is 42.2 Å². The van der Waals surface area contributed by atoms with Crippen LogP contribution in [0.15, 0.2) is 36.7 Å². The molecule has 0 amide bonds. The molecule has 1 aromatic carbocycles. The highest BCUT2D eigenvalue weighted by Crippen LogP contribution is 2.35. The highest BCUT2D eigenvalue weighted by Gasteiger charge is 2.25. The van der Waals surface area contributed by atoms with Gasteiger partial charge in [-0.05, 0) is 24.1 Å². The molecule has 4 heteroatoms. The number of nitrogens with one attached hydrogen (secondary N) is 1. The van der Waals surface area contributed by atoms with Crippen LogP contribution in [0, 0.1) is 0 Å². The predicted molar refractivity (Wildman–Crippen MR) is 87.1 cm³/mol. The highest BCUT2D eigenvalue weighted by atomic mass is 32.2. The maximum absolute atomic E-state index is 4.30. The van der Waals surface area contributed by atoms with Crippen LogP contribution in [0.2, 0.25) is 0 Å². The van der Waals surface area contributed by atoms with Gasteiger partial charge in [-0.25, -0.2) is 0 Å². The lowest BCUT2D eigenvalue weighted by atomic mass is 9.98. The molecule has 1 aliphatic heterocycles. The molecule has 0 bridgehead atoms. The van der Waals surface area contributed by atoms with Gasteiger partial charge < -0.3 is 5.32 Å². The third-order valence-electron chi connectivity index (χ3n) is 3.58. The van der Waals surface area contributed by atoms with Gasteiger partial charge in [0.15, 0.2) is 0 Å². The number of benzene rings is 1. The largest absolute Gasteiger partial charge is 0.312 e. The summed E-state index contributed by atoms with van der Waals surface area (Å²) in [7, 11) is 2.07. The fourth-order valence-electron chi connectivity index (χ4n) is 2.65. The minimum Gasteiger partial charge on any atom is -0.312 e. The Morgan fingerprint density at radius 2 is 2.26 bits per heavy atom. The standard InChI is InChI=1S/C15H18N2S2/c1-16-15(14-10-18-7-8-19-14)12-4-2-3-11-5-6-17-9-13(11)12/h2-6,9,14-16H,7-8,10H2,1H3. The van der Waals surface area contributed by atoms with Gasteiger partial charge in [-0.2, -0.15) is 23.5 Å². The van der Waals surface area contributed by atoms with E-state index in [1.54, 1.807) is 0 Å². The van der Waals surface area contributed by atoms with Crippen LogP contribution in [0.5, 0.6) is 0 Å². The van der Waals surface area contributed by atoms with Gasteiger partial charge in [-0.1, -0.05) is 18.2 Å². The Kier molecular flexibility index (Phi) is 4.31. The predicted octanol–water partition coefficient (Wildman–Crippen LogP) is 3.34. The summed E-state index contributed by atoms with van der Waals surface area (Å²) < 4.78 is 0. The Morgan fingerprint density at radius 3 is 3.05 bits per heavy atom. The molecule has 1 aliphatic rings. The van der Waals surface area contributed by atoms with E-state index in [1.807, 2.05) is 12.4 Å². The first-order valence-electron chi connectivity index (χ1n) is 6.59. The Hall–Kier alpha value is -0.710. The molecule has 0 spiro atoms. The van der Waals surface area contributed by atoms with Gasteiger partial charge in [0.25, 0.3) is 0 Å². The Labute approximate surface area is 122 Å². The molecule has 3 rings (SSSR count). The first-order chi connectivity index (χ1) is 9.40. The molecule has 2 aromatic rings. The topological polar surface area (TPSA) is 24.9 Å². The Bertz CT molecular complexity index is 547. The molecule has 0 saturated carbocycles. The van der Waals surface area contributed by atoms with Crippen LogP contribution in [0.3, 0.4) is 0 Å². The second-order valence-corrected chi connectivity index (χ2v) is 7.19. The van der Waals surface area contributed by atoms with Crippen LogP contribution in [-0.2, 0) is 0 Å².